The van der Waals surface area contributed by atoms with Crippen molar-refractivity contribution in [1.29, 1.82) is 0 Å². The first-order chi connectivity index (χ1) is 12.6. The first-order valence-corrected chi connectivity index (χ1v) is 10.4. The van der Waals surface area contributed by atoms with Gasteiger partial charge in [-0.1, -0.05) is 30.3 Å². The third kappa shape index (κ3) is 4.56. The molecule has 7 heteroatoms. The molecule has 0 radical (unpaired) electrons. The quantitative estimate of drug-likeness (QED) is 0.507. The summed E-state index contributed by atoms with van der Waals surface area (Å²) >= 11 is 3.70. The van der Waals surface area contributed by atoms with E-state index >= 15 is 0 Å². The molecule has 138 valence electrons. The van der Waals surface area contributed by atoms with Crippen LogP contribution in [0.2, 0.25) is 0 Å². The highest BCUT2D eigenvalue weighted by molar-refractivity contribution is 14.1. The van der Waals surface area contributed by atoms with Crippen molar-refractivity contribution in [3.63, 3.8) is 0 Å². The van der Waals surface area contributed by atoms with Crippen LogP contribution in [0.25, 0.3) is 0 Å². The molecule has 0 bridgehead atoms. The summed E-state index contributed by atoms with van der Waals surface area (Å²) in [6.07, 6.45) is 1.99. The van der Waals surface area contributed by atoms with E-state index in [1.54, 1.807) is 6.92 Å². The Balaban J connectivity index is 1.57. The molecule has 1 aromatic carbocycles. The van der Waals surface area contributed by atoms with Crippen LogP contribution >= 0.6 is 33.9 Å². The Morgan fingerprint density at radius 1 is 1.27 bits per heavy atom. The normalized spacial score (nSPS) is 15.8. The van der Waals surface area contributed by atoms with E-state index in [1.165, 1.54) is 16.9 Å². The first-order valence-electron chi connectivity index (χ1n) is 8.52. The van der Waals surface area contributed by atoms with E-state index < -0.39 is 6.09 Å². The molecule has 0 fully saturated rings. The zero-order chi connectivity index (χ0) is 18.5. The van der Waals surface area contributed by atoms with Gasteiger partial charge in [-0.3, -0.25) is 0 Å². The van der Waals surface area contributed by atoms with Crippen molar-refractivity contribution in [2.45, 2.75) is 38.8 Å². The van der Waals surface area contributed by atoms with E-state index in [1.807, 2.05) is 30.3 Å². The van der Waals surface area contributed by atoms with E-state index in [0.717, 1.165) is 33.3 Å². The van der Waals surface area contributed by atoms with Crippen LogP contribution < -0.4 is 5.32 Å². The summed E-state index contributed by atoms with van der Waals surface area (Å²) in [6, 6.07) is 9.62. The molecule has 0 saturated carbocycles. The van der Waals surface area contributed by atoms with Gasteiger partial charge >= 0.3 is 12.1 Å². The monoisotopic (exact) mass is 485 g/mol. The number of carbonyl (C=O) groups is 2. The summed E-state index contributed by atoms with van der Waals surface area (Å²) in [5.74, 6) is -0.261. The van der Waals surface area contributed by atoms with Crippen molar-refractivity contribution < 1.29 is 19.1 Å². The number of amides is 1. The predicted octanol–water partition coefficient (Wildman–Crippen LogP) is 4.31. The number of nitrogens with one attached hydrogen (secondary N) is 1. The summed E-state index contributed by atoms with van der Waals surface area (Å²) in [5.41, 5.74) is 2.18. The Kier molecular flexibility index (Phi) is 6.53. The number of esters is 1. The zero-order valence-electron chi connectivity index (χ0n) is 14.4. The Bertz CT molecular complexity index is 790. The number of halogens is 1. The van der Waals surface area contributed by atoms with Gasteiger partial charge in [0.05, 0.1) is 6.61 Å². The van der Waals surface area contributed by atoms with Crippen LogP contribution in [-0.2, 0) is 28.9 Å². The van der Waals surface area contributed by atoms with Crippen molar-refractivity contribution in [2.75, 3.05) is 6.61 Å². The molecule has 0 saturated heterocycles. The SMILES string of the molecule is CCOC(=O)c1sc2c(c1I)CCC(NC(=O)OCc1ccccc1)C2. The number of hydrogen-bond acceptors (Lipinski definition) is 5. The lowest BCUT2D eigenvalue weighted by Gasteiger charge is -2.23. The summed E-state index contributed by atoms with van der Waals surface area (Å²) < 4.78 is 11.4. The number of fused-ring (bicyclic) bond motifs is 1. The van der Waals surface area contributed by atoms with E-state index in [2.05, 4.69) is 27.9 Å². The van der Waals surface area contributed by atoms with Crippen molar-refractivity contribution in [1.82, 2.24) is 5.32 Å². The van der Waals surface area contributed by atoms with Gasteiger partial charge in [0.2, 0.25) is 0 Å². The second-order valence-corrected chi connectivity index (χ2v) is 8.20. The van der Waals surface area contributed by atoms with Gasteiger partial charge in [0.25, 0.3) is 0 Å². The van der Waals surface area contributed by atoms with Crippen LogP contribution in [0.1, 0.15) is 39.0 Å². The molecule has 1 aromatic heterocycles. The second-order valence-electron chi connectivity index (χ2n) is 6.01. The fourth-order valence-electron chi connectivity index (χ4n) is 2.93. The molecule has 1 N–H and O–H groups in total. The van der Waals surface area contributed by atoms with Crippen LogP contribution in [0, 0.1) is 3.57 Å². The van der Waals surface area contributed by atoms with Crippen LogP contribution in [0.5, 0.6) is 0 Å². The minimum atomic E-state index is -0.404. The fraction of sp³-hybridized carbons (Fsp3) is 0.368. The first kappa shape index (κ1) is 19.2. The predicted molar refractivity (Wildman–Crippen MR) is 109 cm³/mol. The Labute approximate surface area is 170 Å². The largest absolute Gasteiger partial charge is 0.462 e. The van der Waals surface area contributed by atoms with Crippen LogP contribution in [0.4, 0.5) is 4.79 Å². The molecule has 1 unspecified atom stereocenters. The van der Waals surface area contributed by atoms with E-state index in [-0.39, 0.29) is 18.6 Å². The highest BCUT2D eigenvalue weighted by Gasteiger charge is 2.28. The average Bonchev–Trinajstić information content (AvgIpc) is 2.97. The van der Waals surface area contributed by atoms with Crippen LogP contribution in [0.3, 0.4) is 0 Å². The highest BCUT2D eigenvalue weighted by Crippen LogP contribution is 2.35. The van der Waals surface area contributed by atoms with Crippen molar-refractivity contribution in [2.24, 2.45) is 0 Å². The van der Waals surface area contributed by atoms with Gasteiger partial charge in [0, 0.05) is 20.9 Å². The maximum atomic E-state index is 12.1. The molecular formula is C19H20INO4S. The van der Waals surface area contributed by atoms with Crippen molar-refractivity contribution in [3.05, 3.63) is 54.8 Å². The second kappa shape index (κ2) is 8.85. The number of thiophene rings is 1. The topological polar surface area (TPSA) is 64.6 Å². The lowest BCUT2D eigenvalue weighted by Crippen LogP contribution is -2.38. The summed E-state index contributed by atoms with van der Waals surface area (Å²) in [4.78, 5) is 25.9. The lowest BCUT2D eigenvalue weighted by atomic mass is 9.94. The number of hydrogen-bond donors (Lipinski definition) is 1. The van der Waals surface area contributed by atoms with Gasteiger partial charge in [-0.2, -0.15) is 0 Å². The van der Waals surface area contributed by atoms with E-state index in [9.17, 15) is 9.59 Å². The van der Waals surface area contributed by atoms with Gasteiger partial charge in [-0.05, 0) is 53.5 Å². The van der Waals surface area contributed by atoms with Gasteiger partial charge < -0.3 is 14.8 Å². The molecule has 1 atom stereocenters. The molecule has 0 spiro atoms. The fourth-order valence-corrected chi connectivity index (χ4v) is 5.47. The molecular weight excluding hydrogens is 465 g/mol. The minimum absolute atomic E-state index is 0.0234. The maximum Gasteiger partial charge on any atom is 0.407 e. The maximum absolute atomic E-state index is 12.1. The van der Waals surface area contributed by atoms with Crippen molar-refractivity contribution in [3.8, 4) is 0 Å². The third-order valence-corrected chi connectivity index (χ3v) is 6.99. The van der Waals surface area contributed by atoms with Crippen LogP contribution in [0.15, 0.2) is 30.3 Å². The van der Waals surface area contributed by atoms with E-state index in [4.69, 9.17) is 9.47 Å². The van der Waals surface area contributed by atoms with Gasteiger partial charge in [-0.15, -0.1) is 11.3 Å². The molecule has 0 aliphatic heterocycles. The summed E-state index contributed by atoms with van der Waals surface area (Å²) in [7, 11) is 0. The molecule has 26 heavy (non-hydrogen) atoms. The Morgan fingerprint density at radius 2 is 2.04 bits per heavy atom. The zero-order valence-corrected chi connectivity index (χ0v) is 17.4. The molecule has 1 heterocycles. The molecule has 2 aromatic rings. The smallest absolute Gasteiger partial charge is 0.407 e. The lowest BCUT2D eigenvalue weighted by molar-refractivity contribution is 0.0531. The van der Waals surface area contributed by atoms with Crippen molar-refractivity contribution >= 4 is 46.0 Å². The third-order valence-electron chi connectivity index (χ3n) is 4.20. The molecule has 3 rings (SSSR count). The standard InChI is InChI=1S/C19H20INO4S/c1-2-24-18(22)17-16(20)14-9-8-13(10-15(14)26-17)21-19(23)25-11-12-6-4-3-5-7-12/h3-7,13H,2,8-11H2,1H3,(H,21,23). The van der Waals surface area contributed by atoms with Crippen LogP contribution in [-0.4, -0.2) is 24.7 Å². The molecule has 1 aliphatic carbocycles. The molecule has 5 nitrogen and oxygen atoms in total. The Hall–Kier alpha value is -1.61. The minimum Gasteiger partial charge on any atom is -0.462 e. The summed E-state index contributed by atoms with van der Waals surface area (Å²) in [5, 5.41) is 2.94. The summed E-state index contributed by atoms with van der Waals surface area (Å²) in [6.45, 7) is 2.43. The number of carbonyl (C=O) groups excluding carboxylic acids is 2. The van der Waals surface area contributed by atoms with Gasteiger partial charge in [0.15, 0.2) is 0 Å². The number of alkyl carbamates (subject to hydrolysis) is 1. The average molecular weight is 485 g/mol. The van der Waals surface area contributed by atoms with E-state index in [0.29, 0.717) is 11.5 Å². The number of rotatable bonds is 5. The molecule has 1 amide bonds. The number of benzene rings is 1. The highest BCUT2D eigenvalue weighted by atomic mass is 127. The number of ether oxygens (including phenoxy) is 2. The van der Waals surface area contributed by atoms with Gasteiger partial charge in [-0.25, -0.2) is 9.59 Å². The Morgan fingerprint density at radius 3 is 2.77 bits per heavy atom. The molecule has 1 aliphatic rings. The van der Waals surface area contributed by atoms with Gasteiger partial charge in [0.1, 0.15) is 11.5 Å².